The topological polar surface area (TPSA) is 46.6 Å². The Hall–Kier alpha value is -0.753. The highest BCUT2D eigenvalue weighted by molar-refractivity contribution is 8.00. The standard InChI is InChI=1S/C10H15NO3SSi/c1-16(2,3)14-10(13)7-4-5-15-9-6-8(12)11(7)9/h4,9H,5-6H2,1-3H3/t9-/m1/s1. The molecule has 0 bridgehead atoms. The lowest BCUT2D eigenvalue weighted by Crippen LogP contribution is -2.53. The van der Waals surface area contributed by atoms with Gasteiger partial charge in [-0.2, -0.15) is 0 Å². The molecule has 0 spiro atoms. The molecule has 1 fully saturated rings. The van der Waals surface area contributed by atoms with Gasteiger partial charge >= 0.3 is 5.97 Å². The summed E-state index contributed by atoms with van der Waals surface area (Å²) in [6.45, 7) is 5.87. The van der Waals surface area contributed by atoms with Crippen molar-refractivity contribution in [2.45, 2.75) is 31.4 Å². The largest absolute Gasteiger partial charge is 0.515 e. The van der Waals surface area contributed by atoms with Crippen LogP contribution in [0.15, 0.2) is 11.8 Å². The predicted molar refractivity (Wildman–Crippen MR) is 65.2 cm³/mol. The number of β-lactam (4-membered cyclic amide) rings is 1. The molecule has 0 unspecified atom stereocenters. The molecule has 1 atom stereocenters. The van der Waals surface area contributed by atoms with Crippen molar-refractivity contribution in [3.63, 3.8) is 0 Å². The highest BCUT2D eigenvalue weighted by Crippen LogP contribution is 2.37. The molecule has 0 saturated carbocycles. The molecule has 1 saturated heterocycles. The van der Waals surface area contributed by atoms with Gasteiger partial charge in [0, 0.05) is 5.75 Å². The fraction of sp³-hybridized carbons (Fsp3) is 0.600. The van der Waals surface area contributed by atoms with Gasteiger partial charge in [-0.25, -0.2) is 4.79 Å². The van der Waals surface area contributed by atoms with E-state index in [-0.39, 0.29) is 17.3 Å². The van der Waals surface area contributed by atoms with Crippen molar-refractivity contribution in [3.8, 4) is 0 Å². The van der Waals surface area contributed by atoms with Crippen LogP contribution >= 0.6 is 11.8 Å². The third-order valence-electron chi connectivity index (χ3n) is 2.34. The van der Waals surface area contributed by atoms with Gasteiger partial charge in [-0.05, 0) is 25.7 Å². The molecule has 2 heterocycles. The van der Waals surface area contributed by atoms with Crippen LogP contribution in [0.1, 0.15) is 6.42 Å². The first-order valence-corrected chi connectivity index (χ1v) is 9.71. The zero-order valence-corrected chi connectivity index (χ0v) is 11.5. The van der Waals surface area contributed by atoms with E-state index in [9.17, 15) is 9.59 Å². The van der Waals surface area contributed by atoms with Crippen LogP contribution in [-0.4, -0.2) is 36.2 Å². The summed E-state index contributed by atoms with van der Waals surface area (Å²) >= 11 is 1.69. The van der Waals surface area contributed by atoms with E-state index in [0.29, 0.717) is 12.1 Å². The molecule has 16 heavy (non-hydrogen) atoms. The average molecular weight is 257 g/mol. The van der Waals surface area contributed by atoms with Crippen molar-refractivity contribution in [1.29, 1.82) is 0 Å². The molecule has 1 amide bonds. The Morgan fingerprint density at radius 3 is 2.81 bits per heavy atom. The van der Waals surface area contributed by atoms with Crippen LogP contribution in [0.2, 0.25) is 19.6 Å². The number of nitrogens with zero attached hydrogens (tertiary/aromatic N) is 1. The average Bonchev–Trinajstić information content (AvgIpc) is 2.12. The zero-order valence-electron chi connectivity index (χ0n) is 9.65. The second-order valence-electron chi connectivity index (χ2n) is 4.85. The summed E-state index contributed by atoms with van der Waals surface area (Å²) in [5.74, 6) is 0.471. The lowest BCUT2D eigenvalue weighted by atomic mass is 10.1. The predicted octanol–water partition coefficient (Wildman–Crippen LogP) is 1.55. The maximum absolute atomic E-state index is 11.9. The second kappa shape index (κ2) is 3.92. The van der Waals surface area contributed by atoms with Crippen molar-refractivity contribution in [2.24, 2.45) is 0 Å². The summed E-state index contributed by atoms with van der Waals surface area (Å²) in [5, 5.41) is 0.154. The van der Waals surface area contributed by atoms with E-state index in [2.05, 4.69) is 0 Å². The third kappa shape index (κ3) is 2.17. The number of rotatable bonds is 2. The Balaban J connectivity index is 2.11. The number of hydrogen-bond acceptors (Lipinski definition) is 4. The van der Waals surface area contributed by atoms with Gasteiger partial charge in [0.15, 0.2) is 0 Å². The van der Waals surface area contributed by atoms with Crippen molar-refractivity contribution < 1.29 is 14.0 Å². The number of carbonyl (C=O) groups is 2. The van der Waals surface area contributed by atoms with Gasteiger partial charge in [0.1, 0.15) is 5.70 Å². The van der Waals surface area contributed by atoms with Gasteiger partial charge in [-0.15, -0.1) is 11.8 Å². The van der Waals surface area contributed by atoms with E-state index in [0.717, 1.165) is 5.75 Å². The summed E-state index contributed by atoms with van der Waals surface area (Å²) in [6, 6.07) is 0. The normalized spacial score (nSPS) is 24.4. The van der Waals surface area contributed by atoms with Gasteiger partial charge in [0.25, 0.3) is 0 Å². The van der Waals surface area contributed by atoms with Crippen LogP contribution in [0.25, 0.3) is 0 Å². The molecule has 2 aliphatic heterocycles. The lowest BCUT2D eigenvalue weighted by Gasteiger charge is -2.43. The minimum atomic E-state index is -1.89. The number of amides is 1. The Kier molecular flexibility index (Phi) is 2.87. The number of fused-ring (bicyclic) bond motifs is 1. The Labute approximate surface area is 100 Å². The molecule has 0 aromatic carbocycles. The third-order valence-corrected chi connectivity index (χ3v) is 4.26. The quantitative estimate of drug-likeness (QED) is 0.556. The van der Waals surface area contributed by atoms with Gasteiger partial charge in [0.2, 0.25) is 14.2 Å². The molecule has 2 aliphatic rings. The second-order valence-corrected chi connectivity index (χ2v) is 10.5. The van der Waals surface area contributed by atoms with E-state index in [4.69, 9.17) is 4.43 Å². The highest BCUT2D eigenvalue weighted by atomic mass is 32.2. The molecular weight excluding hydrogens is 242 g/mol. The van der Waals surface area contributed by atoms with Crippen molar-refractivity contribution in [3.05, 3.63) is 11.8 Å². The fourth-order valence-electron chi connectivity index (χ4n) is 1.66. The number of thioether (sulfide) groups is 1. The molecular formula is C10H15NO3SSi. The van der Waals surface area contributed by atoms with Gasteiger partial charge < -0.3 is 4.43 Å². The van der Waals surface area contributed by atoms with E-state index in [1.54, 1.807) is 22.7 Å². The molecule has 0 radical (unpaired) electrons. The smallest absolute Gasteiger partial charge is 0.341 e. The van der Waals surface area contributed by atoms with E-state index in [1.807, 2.05) is 19.6 Å². The molecule has 0 aromatic heterocycles. The van der Waals surface area contributed by atoms with Gasteiger partial charge in [-0.1, -0.05) is 0 Å². The van der Waals surface area contributed by atoms with E-state index >= 15 is 0 Å². The van der Waals surface area contributed by atoms with E-state index in [1.165, 1.54) is 0 Å². The van der Waals surface area contributed by atoms with Crippen LogP contribution in [0.4, 0.5) is 0 Å². The van der Waals surface area contributed by atoms with Gasteiger partial charge in [0.05, 0.1) is 11.8 Å². The minimum Gasteiger partial charge on any atom is -0.515 e. The summed E-state index contributed by atoms with van der Waals surface area (Å²) < 4.78 is 5.41. The lowest BCUT2D eigenvalue weighted by molar-refractivity contribution is -0.145. The molecule has 6 heteroatoms. The number of carbonyl (C=O) groups excluding carboxylic acids is 2. The zero-order chi connectivity index (χ0) is 11.9. The molecule has 0 aromatic rings. The first kappa shape index (κ1) is 11.7. The SMILES string of the molecule is C[Si](C)(C)OC(=O)C1=CCS[C@@H]2CC(=O)N12. The van der Waals surface area contributed by atoms with Crippen LogP contribution in [-0.2, 0) is 14.0 Å². The Morgan fingerprint density at radius 2 is 2.25 bits per heavy atom. The summed E-state index contributed by atoms with van der Waals surface area (Å²) in [7, 11) is -1.89. The first-order valence-electron chi connectivity index (χ1n) is 5.26. The number of hydrogen-bond donors (Lipinski definition) is 0. The van der Waals surface area contributed by atoms with Crippen molar-refractivity contribution in [1.82, 2.24) is 4.90 Å². The Morgan fingerprint density at radius 1 is 1.56 bits per heavy atom. The fourth-order valence-corrected chi connectivity index (χ4v) is 3.44. The molecule has 88 valence electrons. The van der Waals surface area contributed by atoms with E-state index < -0.39 is 8.32 Å². The van der Waals surface area contributed by atoms with Crippen molar-refractivity contribution >= 4 is 32.0 Å². The molecule has 4 nitrogen and oxygen atoms in total. The molecule has 2 rings (SSSR count). The molecule has 0 N–H and O–H groups in total. The maximum Gasteiger partial charge on any atom is 0.341 e. The van der Waals surface area contributed by atoms with Crippen molar-refractivity contribution in [2.75, 3.05) is 5.75 Å². The summed E-state index contributed by atoms with van der Waals surface area (Å²) in [6.07, 6.45) is 2.34. The molecule has 0 aliphatic carbocycles. The maximum atomic E-state index is 11.9. The van der Waals surface area contributed by atoms with Crippen LogP contribution in [0, 0.1) is 0 Å². The summed E-state index contributed by atoms with van der Waals surface area (Å²) in [5.41, 5.74) is 0.447. The monoisotopic (exact) mass is 257 g/mol. The Bertz CT molecular complexity index is 375. The van der Waals surface area contributed by atoms with Gasteiger partial charge in [-0.3, -0.25) is 9.69 Å². The summed E-state index contributed by atoms with van der Waals surface area (Å²) in [4.78, 5) is 24.9. The first-order chi connectivity index (χ1) is 7.38. The van der Waals surface area contributed by atoms with Crippen LogP contribution < -0.4 is 0 Å². The highest BCUT2D eigenvalue weighted by Gasteiger charge is 2.43. The van der Waals surface area contributed by atoms with Crippen LogP contribution in [0.5, 0.6) is 0 Å². The van der Waals surface area contributed by atoms with Crippen LogP contribution in [0.3, 0.4) is 0 Å². The minimum absolute atomic E-state index is 0.0241.